The molecule has 0 saturated carbocycles. The fourth-order valence-corrected chi connectivity index (χ4v) is 1.78. The largest absolute Gasteiger partial charge is 0.479 e. The molecule has 0 spiro atoms. The van der Waals surface area contributed by atoms with Crippen LogP contribution in [0.1, 0.15) is 17.3 Å². The highest BCUT2D eigenvalue weighted by Crippen LogP contribution is 2.18. The minimum absolute atomic E-state index is 0.0385. The van der Waals surface area contributed by atoms with E-state index in [1.807, 2.05) is 0 Å². The molecule has 0 fully saturated rings. The number of halogens is 1. The van der Waals surface area contributed by atoms with Crippen LogP contribution in [0.5, 0.6) is 11.5 Å². The van der Waals surface area contributed by atoms with Crippen molar-refractivity contribution in [3.63, 3.8) is 0 Å². The summed E-state index contributed by atoms with van der Waals surface area (Å²) in [5.41, 5.74) is 0.0385. The van der Waals surface area contributed by atoms with Gasteiger partial charge in [0.1, 0.15) is 11.5 Å². The Kier molecular flexibility index (Phi) is 5.01. The molecule has 0 heterocycles. The smallest absolute Gasteiger partial charge is 0.352 e. The summed E-state index contributed by atoms with van der Waals surface area (Å²) in [6.45, 7) is 1.54. The lowest BCUT2D eigenvalue weighted by molar-refractivity contribution is -0.141. The van der Waals surface area contributed by atoms with Crippen molar-refractivity contribution in [1.82, 2.24) is 0 Å². The summed E-state index contributed by atoms with van der Waals surface area (Å²) in [6.07, 6.45) is -0.852. The van der Waals surface area contributed by atoms with Gasteiger partial charge in [-0.1, -0.05) is 17.7 Å². The second-order valence-electron chi connectivity index (χ2n) is 4.47. The summed E-state index contributed by atoms with van der Waals surface area (Å²) in [7, 11) is 0. The quantitative estimate of drug-likeness (QED) is 0.675. The van der Waals surface area contributed by atoms with Crippen LogP contribution >= 0.6 is 11.6 Å². The van der Waals surface area contributed by atoms with Crippen molar-refractivity contribution in [2.75, 3.05) is 0 Å². The van der Waals surface area contributed by atoms with E-state index in [-0.39, 0.29) is 11.3 Å². The monoisotopic (exact) mass is 320 g/mol. The Labute approximate surface area is 132 Å². The molecule has 0 aliphatic heterocycles. The molecule has 0 radical (unpaired) electrons. The topological polar surface area (TPSA) is 72.8 Å². The van der Waals surface area contributed by atoms with E-state index in [9.17, 15) is 9.59 Å². The molecule has 1 N–H and O–H groups in total. The second-order valence-corrected chi connectivity index (χ2v) is 4.90. The number of benzene rings is 2. The van der Waals surface area contributed by atoms with Gasteiger partial charge in [0.05, 0.1) is 5.56 Å². The zero-order valence-electron chi connectivity index (χ0n) is 11.7. The molecule has 114 valence electrons. The molecule has 0 aliphatic carbocycles. The number of hydrogen-bond donors (Lipinski definition) is 1. The first-order valence-electron chi connectivity index (χ1n) is 6.43. The predicted molar refractivity (Wildman–Crippen MR) is 80.6 cm³/mol. The van der Waals surface area contributed by atoms with Gasteiger partial charge in [-0.05, 0) is 49.4 Å². The molecule has 5 nitrogen and oxygen atoms in total. The summed E-state index contributed by atoms with van der Waals surface area (Å²) < 4.78 is 10.5. The molecule has 0 saturated heterocycles. The normalized spacial score (nSPS) is 11.5. The summed E-state index contributed by atoms with van der Waals surface area (Å²) in [6, 6.07) is 12.2. The van der Waals surface area contributed by atoms with E-state index in [0.29, 0.717) is 10.8 Å². The van der Waals surface area contributed by atoms with E-state index >= 15 is 0 Å². The second kappa shape index (κ2) is 6.95. The maximum Gasteiger partial charge on any atom is 0.352 e. The highest BCUT2D eigenvalue weighted by atomic mass is 35.5. The lowest BCUT2D eigenvalue weighted by Gasteiger charge is -2.14. The van der Waals surface area contributed by atoms with Gasteiger partial charge in [-0.25, -0.2) is 9.59 Å². The van der Waals surface area contributed by atoms with E-state index < -0.39 is 18.0 Å². The molecule has 2 aromatic carbocycles. The average Bonchev–Trinajstić information content (AvgIpc) is 2.49. The number of carboxylic acids is 1. The third-order valence-corrected chi connectivity index (χ3v) is 3.01. The van der Waals surface area contributed by atoms with Gasteiger partial charge in [0, 0.05) is 5.02 Å². The van der Waals surface area contributed by atoms with E-state index in [0.717, 1.165) is 0 Å². The molecule has 22 heavy (non-hydrogen) atoms. The molecule has 2 rings (SSSR count). The average molecular weight is 321 g/mol. The van der Waals surface area contributed by atoms with Crippen molar-refractivity contribution in [3.8, 4) is 11.5 Å². The third kappa shape index (κ3) is 4.23. The van der Waals surface area contributed by atoms with Crippen molar-refractivity contribution >= 4 is 23.5 Å². The van der Waals surface area contributed by atoms with Crippen LogP contribution in [-0.2, 0) is 4.79 Å². The lowest BCUT2D eigenvalue weighted by atomic mass is 10.2. The molecular formula is C16H13ClO5. The maximum absolute atomic E-state index is 11.9. The lowest BCUT2D eigenvalue weighted by Crippen LogP contribution is -2.28. The van der Waals surface area contributed by atoms with Crippen LogP contribution in [0.25, 0.3) is 0 Å². The number of carboxylic acid groups (broad SMARTS) is 1. The molecule has 1 atom stereocenters. The van der Waals surface area contributed by atoms with Crippen LogP contribution in [0, 0.1) is 0 Å². The van der Waals surface area contributed by atoms with Gasteiger partial charge in [-0.3, -0.25) is 0 Å². The summed E-state index contributed by atoms with van der Waals surface area (Å²) >= 11 is 5.76. The predicted octanol–water partition coefficient (Wildman–Crippen LogP) is 3.41. The molecule has 0 amide bonds. The Balaban J connectivity index is 2.00. The van der Waals surface area contributed by atoms with Crippen molar-refractivity contribution in [2.24, 2.45) is 0 Å². The van der Waals surface area contributed by atoms with E-state index in [1.165, 1.54) is 31.2 Å². The van der Waals surface area contributed by atoms with Crippen molar-refractivity contribution < 1.29 is 24.2 Å². The van der Waals surface area contributed by atoms with Crippen LogP contribution in [0.3, 0.4) is 0 Å². The third-order valence-electron chi connectivity index (χ3n) is 2.76. The Morgan fingerprint density at radius 2 is 1.77 bits per heavy atom. The van der Waals surface area contributed by atoms with Gasteiger partial charge >= 0.3 is 11.9 Å². The number of esters is 1. The SMILES string of the molecule is CC(Oc1ccc(Cl)cc1)C(=O)Oc1cccc(C(=O)O)c1. The van der Waals surface area contributed by atoms with Crippen molar-refractivity contribution in [3.05, 3.63) is 59.1 Å². The van der Waals surface area contributed by atoms with Crippen LogP contribution in [0.15, 0.2) is 48.5 Å². The summed E-state index contributed by atoms with van der Waals surface area (Å²) in [5.74, 6) is -1.09. The Hall–Kier alpha value is -2.53. The number of hydrogen-bond acceptors (Lipinski definition) is 4. The zero-order chi connectivity index (χ0) is 16.1. The molecular weight excluding hydrogens is 308 g/mol. The fraction of sp³-hybridized carbons (Fsp3) is 0.125. The first kappa shape index (κ1) is 15.9. The van der Waals surface area contributed by atoms with Crippen LogP contribution < -0.4 is 9.47 Å². The standard InChI is InChI=1S/C16H13ClO5/c1-10(21-13-7-5-12(17)6-8-13)16(20)22-14-4-2-3-11(9-14)15(18)19/h2-10H,1H3,(H,18,19). The van der Waals surface area contributed by atoms with Gasteiger partial charge in [-0.2, -0.15) is 0 Å². The van der Waals surface area contributed by atoms with Gasteiger partial charge in [0.15, 0.2) is 6.10 Å². The van der Waals surface area contributed by atoms with Gasteiger partial charge < -0.3 is 14.6 Å². The van der Waals surface area contributed by atoms with Crippen molar-refractivity contribution in [1.29, 1.82) is 0 Å². The van der Waals surface area contributed by atoms with Crippen LogP contribution in [-0.4, -0.2) is 23.1 Å². The molecule has 0 aliphatic rings. The highest BCUT2D eigenvalue weighted by molar-refractivity contribution is 6.30. The number of aromatic carboxylic acids is 1. The molecule has 6 heteroatoms. The zero-order valence-corrected chi connectivity index (χ0v) is 12.4. The molecule has 2 aromatic rings. The van der Waals surface area contributed by atoms with E-state index in [4.69, 9.17) is 26.2 Å². The Morgan fingerprint density at radius 3 is 2.41 bits per heavy atom. The first-order valence-corrected chi connectivity index (χ1v) is 6.81. The number of rotatable bonds is 5. The Bertz CT molecular complexity index is 681. The van der Waals surface area contributed by atoms with E-state index in [2.05, 4.69) is 0 Å². The highest BCUT2D eigenvalue weighted by Gasteiger charge is 2.18. The number of ether oxygens (including phenoxy) is 2. The van der Waals surface area contributed by atoms with E-state index in [1.54, 1.807) is 24.3 Å². The van der Waals surface area contributed by atoms with Crippen molar-refractivity contribution in [2.45, 2.75) is 13.0 Å². The fourth-order valence-electron chi connectivity index (χ4n) is 1.66. The maximum atomic E-state index is 11.9. The molecule has 0 bridgehead atoms. The van der Waals surface area contributed by atoms with Crippen LogP contribution in [0.2, 0.25) is 5.02 Å². The number of carbonyl (C=O) groups is 2. The summed E-state index contributed by atoms with van der Waals surface area (Å²) in [4.78, 5) is 22.8. The minimum atomic E-state index is -1.09. The van der Waals surface area contributed by atoms with Gasteiger partial charge in [0.25, 0.3) is 0 Å². The summed E-state index contributed by atoms with van der Waals surface area (Å²) in [5, 5.41) is 9.46. The molecule has 0 aromatic heterocycles. The minimum Gasteiger partial charge on any atom is -0.479 e. The van der Waals surface area contributed by atoms with Gasteiger partial charge in [-0.15, -0.1) is 0 Å². The van der Waals surface area contributed by atoms with Gasteiger partial charge in [0.2, 0.25) is 0 Å². The first-order chi connectivity index (χ1) is 10.5. The molecule has 1 unspecified atom stereocenters. The van der Waals surface area contributed by atoms with Crippen LogP contribution in [0.4, 0.5) is 0 Å². The number of carbonyl (C=O) groups excluding carboxylic acids is 1. The Morgan fingerprint density at radius 1 is 1.09 bits per heavy atom.